The number of benzene rings is 2. The lowest BCUT2D eigenvalue weighted by Crippen LogP contribution is -2.19. The molecule has 1 amide bonds. The number of nitro benzene ring substituents is 1. The van der Waals surface area contributed by atoms with E-state index in [1.54, 1.807) is 6.92 Å². The van der Waals surface area contributed by atoms with E-state index in [9.17, 15) is 14.9 Å². The highest BCUT2D eigenvalue weighted by Gasteiger charge is 2.09. The van der Waals surface area contributed by atoms with Gasteiger partial charge in [0, 0.05) is 17.7 Å². The van der Waals surface area contributed by atoms with Gasteiger partial charge in [0.05, 0.1) is 17.2 Å². The summed E-state index contributed by atoms with van der Waals surface area (Å²) in [6, 6.07) is 12.8. The van der Waals surface area contributed by atoms with Gasteiger partial charge in [-0.2, -0.15) is 5.10 Å². The minimum absolute atomic E-state index is 0.0680. The molecule has 0 spiro atoms. The molecule has 0 fully saturated rings. The molecule has 0 saturated heterocycles. The van der Waals surface area contributed by atoms with Crippen LogP contribution >= 0.6 is 0 Å². The minimum atomic E-state index is -0.516. The monoisotopic (exact) mass is 341 g/mol. The molecule has 0 saturated carbocycles. The zero-order valence-electron chi connectivity index (χ0n) is 14.1. The number of carbonyl (C=O) groups excluding carboxylic acids is 1. The third-order valence-electron chi connectivity index (χ3n) is 3.41. The first-order valence-electron chi connectivity index (χ1n) is 7.83. The number of carbonyl (C=O) groups is 1. The number of amides is 1. The first-order chi connectivity index (χ1) is 12.0. The Bertz CT molecular complexity index is 768. The van der Waals surface area contributed by atoms with Gasteiger partial charge >= 0.3 is 0 Å². The van der Waals surface area contributed by atoms with Gasteiger partial charge in [-0.25, -0.2) is 5.43 Å². The fourth-order valence-corrected chi connectivity index (χ4v) is 2.01. The van der Waals surface area contributed by atoms with E-state index in [4.69, 9.17) is 4.74 Å². The van der Waals surface area contributed by atoms with Crippen LogP contribution in [0.2, 0.25) is 0 Å². The standard InChI is InChI=1S/C18H19N3O4/c1-3-12-25-17-10-6-14(7-11-17)13(2)19-20-18(22)15-4-8-16(9-5-15)21(23)24/h4-11H,3,12H2,1-2H3,(H,20,22)/b19-13-. The van der Waals surface area contributed by atoms with Gasteiger partial charge in [0.15, 0.2) is 0 Å². The van der Waals surface area contributed by atoms with Gasteiger partial charge in [-0.15, -0.1) is 0 Å². The largest absolute Gasteiger partial charge is 0.494 e. The molecule has 0 atom stereocenters. The van der Waals surface area contributed by atoms with E-state index >= 15 is 0 Å². The van der Waals surface area contributed by atoms with Crippen molar-refractivity contribution in [3.8, 4) is 5.75 Å². The normalized spacial score (nSPS) is 11.0. The van der Waals surface area contributed by atoms with E-state index in [1.165, 1.54) is 24.3 Å². The number of hydrogen-bond acceptors (Lipinski definition) is 5. The average Bonchev–Trinajstić information content (AvgIpc) is 2.64. The Morgan fingerprint density at radius 2 is 1.72 bits per heavy atom. The minimum Gasteiger partial charge on any atom is -0.494 e. The van der Waals surface area contributed by atoms with Crippen molar-refractivity contribution in [1.82, 2.24) is 5.43 Å². The molecule has 0 heterocycles. The smallest absolute Gasteiger partial charge is 0.271 e. The summed E-state index contributed by atoms with van der Waals surface area (Å²) in [6.07, 6.45) is 0.941. The first-order valence-corrected chi connectivity index (χ1v) is 7.83. The second-order valence-electron chi connectivity index (χ2n) is 5.31. The van der Waals surface area contributed by atoms with Crippen LogP contribution in [0.4, 0.5) is 5.69 Å². The molecule has 0 aliphatic carbocycles. The number of nitro groups is 1. The fraction of sp³-hybridized carbons (Fsp3) is 0.222. The van der Waals surface area contributed by atoms with E-state index in [0.717, 1.165) is 17.7 Å². The Kier molecular flexibility index (Phi) is 6.22. The van der Waals surface area contributed by atoms with Gasteiger partial charge in [0.1, 0.15) is 5.75 Å². The van der Waals surface area contributed by atoms with E-state index in [1.807, 2.05) is 31.2 Å². The highest BCUT2D eigenvalue weighted by molar-refractivity contribution is 6.00. The SMILES string of the molecule is CCCOc1ccc(/C(C)=N\NC(=O)c2ccc([N+](=O)[O-])cc2)cc1. The van der Waals surface area contributed by atoms with E-state index in [0.29, 0.717) is 17.9 Å². The third kappa shape index (κ3) is 5.13. The van der Waals surface area contributed by atoms with Crippen LogP contribution in [0.25, 0.3) is 0 Å². The second kappa shape index (κ2) is 8.58. The topological polar surface area (TPSA) is 93.8 Å². The molecule has 130 valence electrons. The van der Waals surface area contributed by atoms with Gasteiger partial charge < -0.3 is 4.74 Å². The van der Waals surface area contributed by atoms with Crippen molar-refractivity contribution in [1.29, 1.82) is 0 Å². The van der Waals surface area contributed by atoms with Gasteiger partial charge in [0.2, 0.25) is 0 Å². The van der Waals surface area contributed by atoms with Crippen molar-refractivity contribution in [2.24, 2.45) is 5.10 Å². The van der Waals surface area contributed by atoms with Crippen molar-refractivity contribution >= 4 is 17.3 Å². The Morgan fingerprint density at radius 1 is 1.12 bits per heavy atom. The lowest BCUT2D eigenvalue weighted by molar-refractivity contribution is -0.384. The molecule has 0 bridgehead atoms. The van der Waals surface area contributed by atoms with Crippen molar-refractivity contribution in [3.63, 3.8) is 0 Å². The van der Waals surface area contributed by atoms with Crippen LogP contribution in [0.5, 0.6) is 5.75 Å². The third-order valence-corrected chi connectivity index (χ3v) is 3.41. The van der Waals surface area contributed by atoms with E-state index < -0.39 is 10.8 Å². The van der Waals surface area contributed by atoms with Crippen LogP contribution in [0.15, 0.2) is 53.6 Å². The zero-order valence-corrected chi connectivity index (χ0v) is 14.1. The Labute approximate surface area is 145 Å². The van der Waals surface area contributed by atoms with Crippen LogP contribution in [-0.4, -0.2) is 23.1 Å². The summed E-state index contributed by atoms with van der Waals surface area (Å²) >= 11 is 0. The zero-order chi connectivity index (χ0) is 18.2. The molecule has 0 aromatic heterocycles. The Hall–Kier alpha value is -3.22. The van der Waals surface area contributed by atoms with E-state index in [2.05, 4.69) is 10.5 Å². The number of hydrazone groups is 1. The Balaban J connectivity index is 1.99. The fourth-order valence-electron chi connectivity index (χ4n) is 2.01. The van der Waals surface area contributed by atoms with Crippen LogP contribution in [-0.2, 0) is 0 Å². The van der Waals surface area contributed by atoms with Crippen molar-refractivity contribution in [2.75, 3.05) is 6.61 Å². The number of nitrogens with one attached hydrogen (secondary N) is 1. The summed E-state index contributed by atoms with van der Waals surface area (Å²) in [7, 11) is 0. The van der Waals surface area contributed by atoms with Crippen LogP contribution in [0.1, 0.15) is 36.2 Å². The number of nitrogens with zero attached hydrogens (tertiary/aromatic N) is 2. The first kappa shape index (κ1) is 18.1. The highest BCUT2D eigenvalue weighted by atomic mass is 16.6. The van der Waals surface area contributed by atoms with Gasteiger partial charge in [-0.3, -0.25) is 14.9 Å². The summed E-state index contributed by atoms with van der Waals surface area (Å²) in [5.74, 6) is 0.352. The summed E-state index contributed by atoms with van der Waals surface area (Å²) < 4.78 is 5.51. The Morgan fingerprint density at radius 3 is 2.28 bits per heavy atom. The summed E-state index contributed by atoms with van der Waals surface area (Å²) in [4.78, 5) is 22.1. The molecular formula is C18H19N3O4. The second-order valence-corrected chi connectivity index (χ2v) is 5.31. The summed E-state index contributed by atoms with van der Waals surface area (Å²) in [5.41, 5.74) is 4.16. The van der Waals surface area contributed by atoms with Crippen molar-refractivity contribution in [2.45, 2.75) is 20.3 Å². The molecule has 25 heavy (non-hydrogen) atoms. The summed E-state index contributed by atoms with van der Waals surface area (Å²) in [5, 5.41) is 14.7. The number of ether oxygens (including phenoxy) is 1. The number of non-ortho nitro benzene ring substituents is 1. The summed E-state index contributed by atoms with van der Waals surface area (Å²) in [6.45, 7) is 4.48. The number of hydrogen-bond donors (Lipinski definition) is 1. The maximum Gasteiger partial charge on any atom is 0.271 e. The maximum absolute atomic E-state index is 12.0. The predicted octanol–water partition coefficient (Wildman–Crippen LogP) is 3.54. The van der Waals surface area contributed by atoms with Crippen molar-refractivity contribution < 1.29 is 14.5 Å². The molecule has 2 aromatic carbocycles. The molecule has 1 N–H and O–H groups in total. The molecule has 2 rings (SSSR count). The molecule has 7 heteroatoms. The maximum atomic E-state index is 12.0. The predicted molar refractivity (Wildman–Crippen MR) is 95.0 cm³/mol. The van der Waals surface area contributed by atoms with Crippen LogP contribution in [0, 0.1) is 10.1 Å². The average molecular weight is 341 g/mol. The quantitative estimate of drug-likeness (QED) is 0.473. The van der Waals surface area contributed by atoms with E-state index in [-0.39, 0.29) is 5.69 Å². The van der Waals surface area contributed by atoms with Crippen LogP contribution in [0.3, 0.4) is 0 Å². The van der Waals surface area contributed by atoms with Gasteiger partial charge in [-0.1, -0.05) is 6.92 Å². The van der Waals surface area contributed by atoms with Crippen molar-refractivity contribution in [3.05, 3.63) is 69.8 Å². The van der Waals surface area contributed by atoms with Gasteiger partial charge in [-0.05, 0) is 55.3 Å². The van der Waals surface area contributed by atoms with Gasteiger partial charge in [0.25, 0.3) is 11.6 Å². The molecule has 0 aliphatic heterocycles. The highest BCUT2D eigenvalue weighted by Crippen LogP contribution is 2.14. The lowest BCUT2D eigenvalue weighted by atomic mass is 10.1. The molecule has 2 aromatic rings. The van der Waals surface area contributed by atoms with Crippen LogP contribution < -0.4 is 10.2 Å². The molecule has 0 unspecified atom stereocenters. The molecule has 0 aliphatic rings. The molecule has 0 radical (unpaired) electrons. The lowest BCUT2D eigenvalue weighted by Gasteiger charge is -2.06. The number of rotatable bonds is 7. The molecule has 7 nitrogen and oxygen atoms in total. The molecular weight excluding hydrogens is 322 g/mol.